The van der Waals surface area contributed by atoms with E-state index in [1.165, 1.54) is 212 Å². The van der Waals surface area contributed by atoms with Gasteiger partial charge in [0, 0.05) is 19.3 Å². The summed E-state index contributed by atoms with van der Waals surface area (Å²) >= 11 is 0. The summed E-state index contributed by atoms with van der Waals surface area (Å²) in [7, 11) is 0. The van der Waals surface area contributed by atoms with Crippen molar-refractivity contribution in [3.05, 3.63) is 36.5 Å². The van der Waals surface area contributed by atoms with Crippen molar-refractivity contribution in [2.45, 2.75) is 335 Å². The van der Waals surface area contributed by atoms with E-state index in [0.717, 1.165) is 77.0 Å². The highest BCUT2D eigenvalue weighted by Crippen LogP contribution is 2.17. The zero-order valence-electron chi connectivity index (χ0n) is 46.3. The van der Waals surface area contributed by atoms with Crippen LogP contribution < -0.4 is 0 Å². The van der Waals surface area contributed by atoms with E-state index in [0.29, 0.717) is 19.3 Å². The molecule has 1 atom stereocenters. The largest absolute Gasteiger partial charge is 0.462 e. The molecule has 0 rings (SSSR count). The minimum Gasteiger partial charge on any atom is -0.462 e. The van der Waals surface area contributed by atoms with Crippen LogP contribution in [0.15, 0.2) is 36.5 Å². The quantitative estimate of drug-likeness (QED) is 0.0261. The van der Waals surface area contributed by atoms with E-state index in [1.54, 1.807) is 0 Å². The Balaban J connectivity index is 4.24. The number of hydrogen-bond donors (Lipinski definition) is 0. The lowest BCUT2D eigenvalue weighted by atomic mass is 10.0. The summed E-state index contributed by atoms with van der Waals surface area (Å²) < 4.78 is 16.9. The van der Waals surface area contributed by atoms with Gasteiger partial charge in [-0.05, 0) is 70.6 Å². The third-order valence-corrected chi connectivity index (χ3v) is 13.6. The maximum Gasteiger partial charge on any atom is 0.306 e. The Morgan fingerprint density at radius 1 is 0.290 bits per heavy atom. The molecular formula is C63H116O6. The lowest BCUT2D eigenvalue weighted by Gasteiger charge is -2.18. The molecule has 1 unspecified atom stereocenters. The SMILES string of the molecule is CCCC/C=C\CCCCCCCC(=O)OCC(COC(=O)CCCCCCCCCCCCCCCCCCCCCCCCC)OC(=O)CCCCCCCCC/C=C\C/C=C\CCCCC. The summed E-state index contributed by atoms with van der Waals surface area (Å²) in [6, 6.07) is 0. The first-order chi connectivity index (χ1) is 34.0. The van der Waals surface area contributed by atoms with Gasteiger partial charge in [0.1, 0.15) is 13.2 Å². The summed E-state index contributed by atoms with van der Waals surface area (Å²) in [5.41, 5.74) is 0. The van der Waals surface area contributed by atoms with Gasteiger partial charge in [-0.15, -0.1) is 0 Å². The van der Waals surface area contributed by atoms with E-state index in [-0.39, 0.29) is 31.1 Å². The monoisotopic (exact) mass is 969 g/mol. The van der Waals surface area contributed by atoms with E-state index in [1.807, 2.05) is 0 Å². The van der Waals surface area contributed by atoms with Crippen molar-refractivity contribution in [2.24, 2.45) is 0 Å². The molecule has 0 aromatic carbocycles. The molecule has 6 heteroatoms. The van der Waals surface area contributed by atoms with Crippen molar-refractivity contribution in [3.63, 3.8) is 0 Å². The zero-order valence-corrected chi connectivity index (χ0v) is 46.3. The fourth-order valence-corrected chi connectivity index (χ4v) is 8.99. The number of esters is 3. The number of carbonyl (C=O) groups is 3. The van der Waals surface area contributed by atoms with Crippen molar-refractivity contribution in [1.82, 2.24) is 0 Å². The lowest BCUT2D eigenvalue weighted by molar-refractivity contribution is -0.167. The highest BCUT2D eigenvalue weighted by atomic mass is 16.6. The highest BCUT2D eigenvalue weighted by Gasteiger charge is 2.19. The maximum atomic E-state index is 12.9. The van der Waals surface area contributed by atoms with Crippen LogP contribution in [0.1, 0.15) is 329 Å². The van der Waals surface area contributed by atoms with Gasteiger partial charge in [-0.2, -0.15) is 0 Å². The Bertz CT molecular complexity index is 1160. The van der Waals surface area contributed by atoms with Crippen molar-refractivity contribution >= 4 is 17.9 Å². The Hall–Kier alpha value is -2.37. The minimum absolute atomic E-state index is 0.0744. The first kappa shape index (κ1) is 66.6. The van der Waals surface area contributed by atoms with E-state index in [9.17, 15) is 14.4 Å². The molecule has 0 N–H and O–H groups in total. The van der Waals surface area contributed by atoms with Crippen LogP contribution in [-0.2, 0) is 28.6 Å². The average Bonchev–Trinajstić information content (AvgIpc) is 3.35. The zero-order chi connectivity index (χ0) is 50.0. The lowest BCUT2D eigenvalue weighted by Crippen LogP contribution is -2.30. The first-order valence-electron chi connectivity index (χ1n) is 30.5. The number of unbranched alkanes of at least 4 members (excludes halogenated alkanes) is 39. The second-order valence-electron chi connectivity index (χ2n) is 20.6. The standard InChI is InChI=1S/C63H116O6/c1-4-7-10-13-16-19-22-24-26-28-29-30-31-32-33-35-36-38-41-44-47-50-53-56-62(65)68-59-60(58-67-61(64)55-52-49-46-43-40-21-18-15-12-9-6-3)69-63(66)57-54-51-48-45-42-39-37-34-27-25-23-20-17-14-11-8-5-2/h15,17-18,20,25,27,60H,4-14,16,19,21-24,26,28-59H2,1-3H3/b18-15-,20-17-,27-25-. The third kappa shape index (κ3) is 56.4. The topological polar surface area (TPSA) is 78.9 Å². The molecule has 0 aliphatic carbocycles. The van der Waals surface area contributed by atoms with Gasteiger partial charge < -0.3 is 14.2 Å². The van der Waals surface area contributed by atoms with Crippen LogP contribution in [0.4, 0.5) is 0 Å². The van der Waals surface area contributed by atoms with Crippen molar-refractivity contribution in [3.8, 4) is 0 Å². The van der Waals surface area contributed by atoms with Gasteiger partial charge in [0.05, 0.1) is 0 Å². The van der Waals surface area contributed by atoms with Gasteiger partial charge in [-0.25, -0.2) is 0 Å². The van der Waals surface area contributed by atoms with Gasteiger partial charge in [0.25, 0.3) is 0 Å². The molecule has 0 radical (unpaired) electrons. The molecule has 0 aliphatic heterocycles. The summed E-state index contributed by atoms with van der Waals surface area (Å²) in [5.74, 6) is -0.874. The second kappa shape index (κ2) is 58.2. The van der Waals surface area contributed by atoms with E-state index < -0.39 is 6.10 Å². The maximum absolute atomic E-state index is 12.9. The van der Waals surface area contributed by atoms with Crippen molar-refractivity contribution in [2.75, 3.05) is 13.2 Å². The molecule has 0 saturated carbocycles. The molecule has 0 saturated heterocycles. The summed E-state index contributed by atoms with van der Waals surface area (Å²) in [6.45, 7) is 6.61. The molecule has 404 valence electrons. The third-order valence-electron chi connectivity index (χ3n) is 13.6. The molecule has 0 heterocycles. The first-order valence-corrected chi connectivity index (χ1v) is 30.5. The number of carbonyl (C=O) groups excluding carboxylic acids is 3. The van der Waals surface area contributed by atoms with Gasteiger partial charge in [-0.1, -0.05) is 276 Å². The van der Waals surface area contributed by atoms with Crippen LogP contribution in [0, 0.1) is 0 Å². The number of ether oxygens (including phenoxy) is 3. The molecule has 6 nitrogen and oxygen atoms in total. The molecule has 0 fully saturated rings. The normalized spacial score (nSPS) is 12.2. The smallest absolute Gasteiger partial charge is 0.306 e. The Kier molecular flexibility index (Phi) is 56.2. The van der Waals surface area contributed by atoms with Crippen LogP contribution in [0.3, 0.4) is 0 Å². The molecule has 0 spiro atoms. The second-order valence-corrected chi connectivity index (χ2v) is 20.6. The molecular weight excluding hydrogens is 853 g/mol. The van der Waals surface area contributed by atoms with Crippen LogP contribution >= 0.6 is 0 Å². The molecule has 0 aromatic rings. The fraction of sp³-hybridized carbons (Fsp3) is 0.857. The van der Waals surface area contributed by atoms with Crippen LogP contribution in [0.5, 0.6) is 0 Å². The molecule has 0 aromatic heterocycles. The number of allylic oxidation sites excluding steroid dienone is 6. The van der Waals surface area contributed by atoms with E-state index in [2.05, 4.69) is 57.2 Å². The van der Waals surface area contributed by atoms with E-state index >= 15 is 0 Å². The predicted octanol–water partition coefficient (Wildman–Crippen LogP) is 20.4. The molecule has 69 heavy (non-hydrogen) atoms. The Morgan fingerprint density at radius 3 is 0.884 bits per heavy atom. The molecule has 0 amide bonds. The summed E-state index contributed by atoms with van der Waals surface area (Å²) in [6.07, 6.45) is 70.1. The van der Waals surface area contributed by atoms with Crippen LogP contribution in [0.25, 0.3) is 0 Å². The fourth-order valence-electron chi connectivity index (χ4n) is 8.99. The molecule has 0 aliphatic rings. The highest BCUT2D eigenvalue weighted by molar-refractivity contribution is 5.71. The summed E-state index contributed by atoms with van der Waals surface area (Å²) in [4.78, 5) is 38.1. The minimum atomic E-state index is -0.777. The Labute approximate surface area is 429 Å². The predicted molar refractivity (Wildman–Crippen MR) is 298 cm³/mol. The van der Waals surface area contributed by atoms with E-state index in [4.69, 9.17) is 14.2 Å². The summed E-state index contributed by atoms with van der Waals surface area (Å²) in [5, 5.41) is 0. The van der Waals surface area contributed by atoms with Crippen molar-refractivity contribution in [1.29, 1.82) is 0 Å². The van der Waals surface area contributed by atoms with Gasteiger partial charge in [0.2, 0.25) is 0 Å². The van der Waals surface area contributed by atoms with Crippen molar-refractivity contribution < 1.29 is 28.6 Å². The van der Waals surface area contributed by atoms with Crippen LogP contribution in [0.2, 0.25) is 0 Å². The molecule has 0 bridgehead atoms. The van der Waals surface area contributed by atoms with Crippen LogP contribution in [-0.4, -0.2) is 37.2 Å². The van der Waals surface area contributed by atoms with Gasteiger partial charge in [0.15, 0.2) is 6.10 Å². The Morgan fingerprint density at radius 2 is 0.536 bits per heavy atom. The average molecular weight is 970 g/mol. The van der Waals surface area contributed by atoms with Gasteiger partial charge >= 0.3 is 17.9 Å². The van der Waals surface area contributed by atoms with Gasteiger partial charge in [-0.3, -0.25) is 14.4 Å². The number of hydrogen-bond acceptors (Lipinski definition) is 6. The number of rotatable bonds is 56.